The van der Waals surface area contributed by atoms with Crippen LogP contribution in [0.4, 0.5) is 0 Å². The van der Waals surface area contributed by atoms with E-state index in [-0.39, 0.29) is 23.5 Å². The van der Waals surface area contributed by atoms with Crippen molar-refractivity contribution in [1.82, 2.24) is 14.9 Å². The number of sulfonamides is 1. The van der Waals surface area contributed by atoms with Crippen molar-refractivity contribution in [1.29, 1.82) is 0 Å². The van der Waals surface area contributed by atoms with Crippen molar-refractivity contribution in [2.24, 2.45) is 5.92 Å². The van der Waals surface area contributed by atoms with Crippen LogP contribution in [0.25, 0.3) is 11.4 Å². The molecule has 0 aliphatic carbocycles. The van der Waals surface area contributed by atoms with E-state index in [0.29, 0.717) is 22.9 Å². The minimum Gasteiger partial charge on any atom is -0.454 e. The van der Waals surface area contributed by atoms with E-state index in [0.717, 1.165) is 0 Å². The molecule has 0 unspecified atom stereocenters. The van der Waals surface area contributed by atoms with Crippen LogP contribution in [0.5, 0.6) is 11.5 Å². The number of benzene rings is 2. The van der Waals surface area contributed by atoms with E-state index in [1.165, 1.54) is 12.1 Å². The van der Waals surface area contributed by atoms with Crippen LogP contribution in [0.2, 0.25) is 0 Å². The fourth-order valence-electron chi connectivity index (χ4n) is 2.82. The fraction of sp³-hybridized carbons (Fsp3) is 0.263. The summed E-state index contributed by atoms with van der Waals surface area (Å²) in [5.41, 5.74) is 0.688. The zero-order valence-corrected chi connectivity index (χ0v) is 16.1. The van der Waals surface area contributed by atoms with E-state index in [2.05, 4.69) is 14.9 Å². The van der Waals surface area contributed by atoms with E-state index in [1.807, 2.05) is 13.8 Å². The molecule has 0 spiro atoms. The van der Waals surface area contributed by atoms with Crippen molar-refractivity contribution in [3.63, 3.8) is 0 Å². The third-order valence-corrected chi connectivity index (χ3v) is 5.80. The molecule has 1 aliphatic heterocycles. The Kier molecular flexibility index (Phi) is 4.78. The second kappa shape index (κ2) is 7.25. The maximum Gasteiger partial charge on any atom is 0.245 e. The predicted octanol–water partition coefficient (Wildman–Crippen LogP) is 3.14. The van der Waals surface area contributed by atoms with Gasteiger partial charge in [0, 0.05) is 5.56 Å². The third-order valence-electron chi connectivity index (χ3n) is 4.34. The van der Waals surface area contributed by atoms with Crippen LogP contribution in [-0.4, -0.2) is 25.4 Å². The number of rotatable bonds is 6. The monoisotopic (exact) mass is 401 g/mol. The van der Waals surface area contributed by atoms with Crippen LogP contribution in [-0.2, 0) is 10.0 Å². The molecular weight excluding hydrogens is 382 g/mol. The molecule has 0 radical (unpaired) electrons. The first-order valence-electron chi connectivity index (χ1n) is 8.75. The van der Waals surface area contributed by atoms with Gasteiger partial charge in [-0.2, -0.15) is 9.71 Å². The Bertz CT molecular complexity index is 1080. The van der Waals surface area contributed by atoms with Crippen LogP contribution >= 0.6 is 0 Å². The van der Waals surface area contributed by atoms with E-state index >= 15 is 0 Å². The summed E-state index contributed by atoms with van der Waals surface area (Å²) < 4.78 is 44.1. The van der Waals surface area contributed by atoms with E-state index in [1.54, 1.807) is 36.4 Å². The molecule has 0 fully saturated rings. The zero-order valence-electron chi connectivity index (χ0n) is 15.3. The first-order chi connectivity index (χ1) is 13.4. The van der Waals surface area contributed by atoms with Gasteiger partial charge >= 0.3 is 0 Å². The highest BCUT2D eigenvalue weighted by molar-refractivity contribution is 7.89. The number of nitrogens with one attached hydrogen (secondary N) is 1. The zero-order chi connectivity index (χ0) is 19.7. The lowest BCUT2D eigenvalue weighted by molar-refractivity contribution is 0.174. The van der Waals surface area contributed by atoms with E-state index in [4.69, 9.17) is 14.0 Å². The molecule has 28 heavy (non-hydrogen) atoms. The van der Waals surface area contributed by atoms with E-state index in [9.17, 15) is 8.42 Å². The van der Waals surface area contributed by atoms with Gasteiger partial charge in [-0.25, -0.2) is 8.42 Å². The first kappa shape index (κ1) is 18.5. The molecule has 2 heterocycles. The Morgan fingerprint density at radius 2 is 1.79 bits per heavy atom. The molecule has 9 heteroatoms. The molecule has 1 aliphatic rings. The van der Waals surface area contributed by atoms with Crippen molar-refractivity contribution in [2.45, 2.75) is 24.8 Å². The summed E-state index contributed by atoms with van der Waals surface area (Å²) in [6.07, 6.45) is 0. The maximum atomic E-state index is 12.7. The molecule has 1 N–H and O–H groups in total. The Balaban J connectivity index is 1.61. The smallest absolute Gasteiger partial charge is 0.245 e. The number of nitrogens with zero attached hydrogens (tertiary/aromatic N) is 2. The SMILES string of the molecule is CC(C)[C@H](NS(=O)(=O)c1ccccc1)c1nc(-c2ccc3c(c2)OCO3)no1. The highest BCUT2D eigenvalue weighted by Gasteiger charge is 2.29. The van der Waals surface area contributed by atoms with Crippen LogP contribution in [0.1, 0.15) is 25.8 Å². The molecule has 0 amide bonds. The van der Waals surface area contributed by atoms with Gasteiger partial charge in [-0.1, -0.05) is 37.2 Å². The first-order valence-corrected chi connectivity index (χ1v) is 10.2. The van der Waals surface area contributed by atoms with Gasteiger partial charge in [-0.05, 0) is 36.2 Å². The lowest BCUT2D eigenvalue weighted by Crippen LogP contribution is -2.32. The predicted molar refractivity (Wildman–Crippen MR) is 100 cm³/mol. The standard InChI is InChI=1S/C19H19N3O5S/c1-12(2)17(22-28(23,24)14-6-4-3-5-7-14)19-20-18(21-27-19)13-8-9-15-16(10-13)26-11-25-15/h3-10,12,17,22H,11H2,1-2H3/t17-/m0/s1. The lowest BCUT2D eigenvalue weighted by Gasteiger charge is -2.18. The molecule has 0 bridgehead atoms. The number of fused-ring (bicyclic) bond motifs is 1. The highest BCUT2D eigenvalue weighted by atomic mass is 32.2. The fourth-order valence-corrected chi connectivity index (χ4v) is 4.18. The molecule has 0 saturated heterocycles. The minimum absolute atomic E-state index is 0.108. The van der Waals surface area contributed by atoms with Gasteiger partial charge in [0.1, 0.15) is 6.04 Å². The van der Waals surface area contributed by atoms with Gasteiger partial charge < -0.3 is 14.0 Å². The molecule has 3 aromatic rings. The van der Waals surface area contributed by atoms with Crippen LogP contribution in [0.15, 0.2) is 57.9 Å². The number of aromatic nitrogens is 2. The average molecular weight is 401 g/mol. The van der Waals surface area contributed by atoms with E-state index < -0.39 is 16.1 Å². The normalized spacial score (nSPS) is 14.4. The van der Waals surface area contributed by atoms with Crippen molar-refractivity contribution >= 4 is 10.0 Å². The van der Waals surface area contributed by atoms with Crippen molar-refractivity contribution < 1.29 is 22.4 Å². The van der Waals surface area contributed by atoms with Crippen molar-refractivity contribution in [2.75, 3.05) is 6.79 Å². The number of hydrogen-bond acceptors (Lipinski definition) is 7. The average Bonchev–Trinajstić information content (AvgIpc) is 3.35. The summed E-state index contributed by atoms with van der Waals surface area (Å²) in [6, 6.07) is 12.8. The van der Waals surface area contributed by atoms with Crippen molar-refractivity contribution in [3.05, 3.63) is 54.4 Å². The van der Waals surface area contributed by atoms with Gasteiger partial charge in [-0.15, -0.1) is 0 Å². The largest absolute Gasteiger partial charge is 0.454 e. The van der Waals surface area contributed by atoms with Crippen molar-refractivity contribution in [3.8, 4) is 22.9 Å². The molecule has 146 valence electrons. The molecule has 0 saturated carbocycles. The minimum atomic E-state index is -3.73. The quantitative estimate of drug-likeness (QED) is 0.677. The summed E-state index contributed by atoms with van der Waals surface area (Å²) in [5.74, 6) is 1.70. The van der Waals surface area contributed by atoms with Crippen LogP contribution < -0.4 is 14.2 Å². The summed E-state index contributed by atoms with van der Waals surface area (Å²) in [6.45, 7) is 3.93. The second-order valence-corrected chi connectivity index (χ2v) is 8.39. The molecule has 8 nitrogen and oxygen atoms in total. The second-order valence-electron chi connectivity index (χ2n) is 6.68. The van der Waals surface area contributed by atoms with Gasteiger partial charge in [0.2, 0.25) is 28.5 Å². The van der Waals surface area contributed by atoms with Gasteiger partial charge in [-0.3, -0.25) is 0 Å². The van der Waals surface area contributed by atoms with Crippen LogP contribution in [0.3, 0.4) is 0 Å². The van der Waals surface area contributed by atoms with Crippen LogP contribution in [0, 0.1) is 5.92 Å². The number of hydrogen-bond donors (Lipinski definition) is 1. The summed E-state index contributed by atoms with van der Waals surface area (Å²) in [7, 11) is -3.73. The van der Waals surface area contributed by atoms with Gasteiger partial charge in [0.05, 0.1) is 4.90 Å². The van der Waals surface area contributed by atoms with Gasteiger partial charge in [0.15, 0.2) is 11.5 Å². The Morgan fingerprint density at radius 3 is 2.54 bits per heavy atom. The topological polar surface area (TPSA) is 104 Å². The number of ether oxygens (including phenoxy) is 2. The molecule has 1 aromatic heterocycles. The lowest BCUT2D eigenvalue weighted by atomic mass is 10.1. The molecule has 4 rings (SSSR count). The highest BCUT2D eigenvalue weighted by Crippen LogP contribution is 2.35. The Morgan fingerprint density at radius 1 is 1.04 bits per heavy atom. The summed E-state index contributed by atoms with van der Waals surface area (Å²) in [4.78, 5) is 4.58. The summed E-state index contributed by atoms with van der Waals surface area (Å²) >= 11 is 0. The van der Waals surface area contributed by atoms with Gasteiger partial charge in [0.25, 0.3) is 0 Å². The maximum absolute atomic E-state index is 12.7. The Labute approximate surface area is 162 Å². The molecule has 2 aromatic carbocycles. The Hall–Kier alpha value is -2.91. The summed E-state index contributed by atoms with van der Waals surface area (Å²) in [5, 5.41) is 4.00. The molecular formula is C19H19N3O5S. The third kappa shape index (κ3) is 3.58. The molecule has 1 atom stereocenters.